The van der Waals surface area contributed by atoms with Crippen LogP contribution < -0.4 is 25.0 Å². The molecule has 1 atom stereocenters. The van der Waals surface area contributed by atoms with E-state index in [9.17, 15) is 9.59 Å². The molecule has 6 rings (SSSR count). The number of unbranched alkanes of at least 4 members (excludes halogenated alkanes) is 1. The molecule has 0 spiro atoms. The summed E-state index contributed by atoms with van der Waals surface area (Å²) < 4.78 is 11.8. The van der Waals surface area contributed by atoms with Crippen molar-refractivity contribution in [3.8, 4) is 11.5 Å². The first-order valence-corrected chi connectivity index (χ1v) is 19.5. The molecule has 2 aliphatic heterocycles. The van der Waals surface area contributed by atoms with Crippen molar-refractivity contribution in [1.82, 2.24) is 9.80 Å². The molecule has 0 bridgehead atoms. The number of rotatable bonds is 14. The third-order valence-electron chi connectivity index (χ3n) is 11.1. The number of hydrogen-bond acceptors (Lipinski definition) is 7. The summed E-state index contributed by atoms with van der Waals surface area (Å²) in [4.78, 5) is 34.5. The maximum absolute atomic E-state index is 14.0. The van der Waals surface area contributed by atoms with Crippen LogP contribution in [0.3, 0.4) is 0 Å². The molecule has 1 saturated carbocycles. The molecule has 2 fully saturated rings. The van der Waals surface area contributed by atoms with E-state index in [0.717, 1.165) is 80.2 Å². The summed E-state index contributed by atoms with van der Waals surface area (Å²) in [5.74, 6) is 1.81. The van der Waals surface area contributed by atoms with E-state index in [0.29, 0.717) is 34.9 Å². The number of nitrogens with zero attached hydrogens (tertiary/aromatic N) is 4. The minimum Gasteiger partial charge on any atom is -0.493 e. The van der Waals surface area contributed by atoms with Crippen molar-refractivity contribution in [3.63, 3.8) is 0 Å². The molecule has 0 radical (unpaired) electrons. The summed E-state index contributed by atoms with van der Waals surface area (Å²) in [6.07, 6.45) is 7.70. The first-order valence-electron chi connectivity index (χ1n) is 19.1. The molecule has 52 heavy (non-hydrogen) atoms. The van der Waals surface area contributed by atoms with E-state index in [-0.39, 0.29) is 30.4 Å². The average molecular weight is 730 g/mol. The summed E-state index contributed by atoms with van der Waals surface area (Å²) in [6, 6.07) is 20.6. The molecule has 3 aliphatic rings. The van der Waals surface area contributed by atoms with E-state index in [1.165, 1.54) is 25.7 Å². The highest BCUT2D eigenvalue weighted by Gasteiger charge is 2.36. The second-order valence-corrected chi connectivity index (χ2v) is 15.6. The minimum atomic E-state index is -0.344. The zero-order valence-electron chi connectivity index (χ0n) is 31.4. The van der Waals surface area contributed by atoms with E-state index >= 15 is 0 Å². The molecule has 3 aromatic carbocycles. The van der Waals surface area contributed by atoms with Crippen molar-refractivity contribution in [2.75, 3.05) is 63.2 Å². The van der Waals surface area contributed by atoms with Crippen LogP contribution in [0.15, 0.2) is 60.7 Å². The number of piperazine rings is 1. The number of primary amides is 1. The number of methoxy groups -OCH3 is 1. The average Bonchev–Trinajstić information content (AvgIpc) is 3.13. The first kappa shape index (κ1) is 38.0. The van der Waals surface area contributed by atoms with Crippen LogP contribution in [0.25, 0.3) is 0 Å². The summed E-state index contributed by atoms with van der Waals surface area (Å²) in [6.45, 7) is 10.6. The molecule has 280 valence electrons. The van der Waals surface area contributed by atoms with Gasteiger partial charge in [-0.05, 0) is 130 Å². The Hall–Kier alpha value is -3.79. The molecule has 2 heterocycles. The maximum Gasteiger partial charge on any atom is 0.232 e. The van der Waals surface area contributed by atoms with Gasteiger partial charge in [0.2, 0.25) is 11.8 Å². The summed E-state index contributed by atoms with van der Waals surface area (Å²) >= 11 is 6.31. The second kappa shape index (κ2) is 17.4. The molecular formula is C42H56ClN5O4. The number of fused-ring (bicyclic) bond motifs is 1. The lowest BCUT2D eigenvalue weighted by atomic mass is 9.84. The zero-order valence-corrected chi connectivity index (χ0v) is 32.1. The highest BCUT2D eigenvalue weighted by atomic mass is 35.5. The maximum atomic E-state index is 14.0. The van der Waals surface area contributed by atoms with Gasteiger partial charge in [0.25, 0.3) is 0 Å². The standard InChI is InChI=1S/C42H56ClN5O4/c1-29(2)52-39-27-37-32(25-38(39)51-4)26-41(50)48(42(37)31-10-12-33(43)13-11-31)36-18-16-34(17-19-36)45(3)28-30-8-14-35(15-9-30)47-23-21-46(22-24-47)20-6-5-7-40(44)49/h10-13,16-19,25,27,29-30,35,42H,5-9,14-15,20-24,26,28H2,1-4H3,(H2,44,49)/t30-,35-,42-/m0/s1. The van der Waals surface area contributed by atoms with Gasteiger partial charge in [-0.3, -0.25) is 14.5 Å². The van der Waals surface area contributed by atoms with Crippen LogP contribution in [-0.2, 0) is 16.0 Å². The third kappa shape index (κ3) is 9.22. The van der Waals surface area contributed by atoms with Crippen LogP contribution in [0, 0.1) is 5.92 Å². The van der Waals surface area contributed by atoms with Crippen molar-refractivity contribution in [2.24, 2.45) is 11.7 Å². The first-order chi connectivity index (χ1) is 25.1. The molecule has 3 aromatic rings. The Balaban J connectivity index is 1.09. The lowest BCUT2D eigenvalue weighted by Crippen LogP contribution is -2.51. The van der Waals surface area contributed by atoms with Gasteiger partial charge in [-0.25, -0.2) is 0 Å². The fraction of sp³-hybridized carbons (Fsp3) is 0.524. The predicted molar refractivity (Wildman–Crippen MR) is 210 cm³/mol. The fourth-order valence-corrected chi connectivity index (χ4v) is 8.49. The zero-order chi connectivity index (χ0) is 36.8. The number of ether oxygens (including phenoxy) is 2. The van der Waals surface area contributed by atoms with Crippen LogP contribution in [0.2, 0.25) is 5.02 Å². The molecule has 10 heteroatoms. The Morgan fingerprint density at radius 3 is 2.27 bits per heavy atom. The number of carbonyl (C=O) groups excluding carboxylic acids is 2. The van der Waals surface area contributed by atoms with Crippen LogP contribution in [-0.4, -0.2) is 87.2 Å². The number of hydrogen-bond donors (Lipinski definition) is 1. The van der Waals surface area contributed by atoms with Crippen molar-refractivity contribution >= 4 is 34.8 Å². The molecular weight excluding hydrogens is 674 g/mol. The SMILES string of the molecule is COc1cc2c(cc1OC(C)C)[C@H](c1ccc(Cl)cc1)N(c1ccc(N(C)C[C@H]3CC[C@H](N4CCN(CCCCC(N)=O)CC4)CC3)cc1)C(=O)C2. The van der Waals surface area contributed by atoms with Gasteiger partial charge >= 0.3 is 0 Å². The quantitative estimate of drug-likeness (QED) is 0.177. The monoisotopic (exact) mass is 729 g/mol. The normalized spacial score (nSPS) is 21.2. The van der Waals surface area contributed by atoms with Gasteiger partial charge in [0.15, 0.2) is 11.5 Å². The predicted octanol–water partition coefficient (Wildman–Crippen LogP) is 7.08. The number of amides is 2. The van der Waals surface area contributed by atoms with E-state index < -0.39 is 0 Å². The third-order valence-corrected chi connectivity index (χ3v) is 11.4. The number of benzene rings is 3. The minimum absolute atomic E-state index is 0.0268. The van der Waals surface area contributed by atoms with Crippen LogP contribution in [0.4, 0.5) is 11.4 Å². The molecule has 0 aromatic heterocycles. The number of anilines is 2. The number of halogens is 1. The highest BCUT2D eigenvalue weighted by molar-refractivity contribution is 6.30. The lowest BCUT2D eigenvalue weighted by molar-refractivity contribution is -0.119. The van der Waals surface area contributed by atoms with Gasteiger partial charge in [-0.2, -0.15) is 0 Å². The molecule has 1 aliphatic carbocycles. The molecule has 0 unspecified atom stereocenters. The number of carbonyl (C=O) groups is 2. The Morgan fingerprint density at radius 2 is 1.63 bits per heavy atom. The van der Waals surface area contributed by atoms with Crippen molar-refractivity contribution < 1.29 is 19.1 Å². The van der Waals surface area contributed by atoms with Gasteiger partial charge in [-0.1, -0.05) is 23.7 Å². The lowest BCUT2D eigenvalue weighted by Gasteiger charge is -2.42. The molecule has 2 amide bonds. The molecule has 2 N–H and O–H groups in total. The van der Waals surface area contributed by atoms with E-state index in [1.807, 2.05) is 55.1 Å². The smallest absolute Gasteiger partial charge is 0.232 e. The summed E-state index contributed by atoms with van der Waals surface area (Å²) in [7, 11) is 3.82. The molecule has 1 saturated heterocycles. The van der Waals surface area contributed by atoms with Gasteiger partial charge < -0.3 is 29.9 Å². The van der Waals surface area contributed by atoms with E-state index in [2.05, 4.69) is 46.0 Å². The second-order valence-electron chi connectivity index (χ2n) is 15.1. The number of nitrogens with two attached hydrogens (primary N) is 1. The van der Waals surface area contributed by atoms with E-state index in [4.69, 9.17) is 26.8 Å². The van der Waals surface area contributed by atoms with Crippen molar-refractivity contribution in [1.29, 1.82) is 0 Å². The highest BCUT2D eigenvalue weighted by Crippen LogP contribution is 2.44. The van der Waals surface area contributed by atoms with Crippen LogP contribution in [0.5, 0.6) is 11.5 Å². The van der Waals surface area contributed by atoms with Gasteiger partial charge in [0.05, 0.1) is 25.7 Å². The van der Waals surface area contributed by atoms with Crippen molar-refractivity contribution in [2.45, 2.75) is 83.4 Å². The van der Waals surface area contributed by atoms with E-state index in [1.54, 1.807) is 7.11 Å². The van der Waals surface area contributed by atoms with Crippen LogP contribution in [0.1, 0.15) is 81.5 Å². The summed E-state index contributed by atoms with van der Waals surface area (Å²) in [5, 5.41) is 0.654. The topological polar surface area (TPSA) is 91.6 Å². The Bertz CT molecular complexity index is 1650. The fourth-order valence-electron chi connectivity index (χ4n) is 8.37. The van der Waals surface area contributed by atoms with Gasteiger partial charge in [0.1, 0.15) is 0 Å². The largest absolute Gasteiger partial charge is 0.493 e. The van der Waals surface area contributed by atoms with Crippen LogP contribution >= 0.6 is 11.6 Å². The Morgan fingerprint density at radius 1 is 0.942 bits per heavy atom. The van der Waals surface area contributed by atoms with Gasteiger partial charge in [-0.15, -0.1) is 0 Å². The molecule has 9 nitrogen and oxygen atoms in total. The van der Waals surface area contributed by atoms with Gasteiger partial charge in [0, 0.05) is 68.6 Å². The summed E-state index contributed by atoms with van der Waals surface area (Å²) in [5.41, 5.74) is 10.2. The Kier molecular flexibility index (Phi) is 12.7. The van der Waals surface area contributed by atoms with Crippen molar-refractivity contribution in [3.05, 3.63) is 82.4 Å². The Labute approximate surface area is 315 Å².